The predicted octanol–water partition coefficient (Wildman–Crippen LogP) is 2.97. The predicted molar refractivity (Wildman–Crippen MR) is 100 cm³/mol. The number of hydrogen-bond acceptors (Lipinski definition) is 5. The van der Waals surface area contributed by atoms with Gasteiger partial charge in [0.1, 0.15) is 0 Å². The van der Waals surface area contributed by atoms with Crippen LogP contribution in [0.3, 0.4) is 0 Å². The fourth-order valence-electron chi connectivity index (χ4n) is 2.31. The number of hydrogen-bond donors (Lipinski definition) is 2. The summed E-state index contributed by atoms with van der Waals surface area (Å²) >= 11 is 1.48. The molecule has 1 aromatic carbocycles. The summed E-state index contributed by atoms with van der Waals surface area (Å²) in [6.07, 6.45) is 2.84. The number of thiazole rings is 1. The van der Waals surface area contributed by atoms with Gasteiger partial charge >= 0.3 is 0 Å². The minimum absolute atomic E-state index is 0.0386. The molecule has 1 aromatic heterocycles. The number of anilines is 1. The number of sulfonamides is 1. The monoisotopic (exact) mass is 381 g/mol. The molecule has 8 heteroatoms. The Morgan fingerprint density at radius 1 is 1.20 bits per heavy atom. The van der Waals surface area contributed by atoms with Crippen LogP contribution in [0, 0.1) is 0 Å². The number of nitrogens with one attached hydrogen (secondary N) is 2. The van der Waals surface area contributed by atoms with Crippen LogP contribution in [0.15, 0.2) is 35.2 Å². The van der Waals surface area contributed by atoms with Crippen LogP contribution in [-0.2, 0) is 27.7 Å². The number of benzene rings is 1. The molecule has 136 valence electrons. The fourth-order valence-corrected chi connectivity index (χ4v) is 4.33. The molecule has 0 unspecified atom stereocenters. The van der Waals surface area contributed by atoms with Crippen molar-refractivity contribution in [1.29, 1.82) is 0 Å². The third kappa shape index (κ3) is 5.62. The number of carbonyl (C=O) groups is 1. The summed E-state index contributed by atoms with van der Waals surface area (Å²) in [5.74, 6) is -0.254. The van der Waals surface area contributed by atoms with Crippen molar-refractivity contribution in [3.63, 3.8) is 0 Å². The molecule has 1 amide bonds. The number of aryl methyl sites for hydroxylation is 2. The van der Waals surface area contributed by atoms with Crippen molar-refractivity contribution in [3.8, 4) is 0 Å². The maximum Gasteiger partial charge on any atom is 0.240 e. The van der Waals surface area contributed by atoms with Gasteiger partial charge in [-0.1, -0.05) is 38.5 Å². The molecule has 0 saturated heterocycles. The lowest BCUT2D eigenvalue weighted by molar-refractivity contribution is -0.116. The molecule has 0 spiro atoms. The topological polar surface area (TPSA) is 88.2 Å². The zero-order chi connectivity index (χ0) is 18.3. The highest BCUT2D eigenvalue weighted by Gasteiger charge is 2.15. The molecule has 2 N–H and O–H groups in total. The number of nitrogens with zero attached hydrogens (tertiary/aromatic N) is 1. The molecule has 0 fully saturated rings. The van der Waals surface area contributed by atoms with Gasteiger partial charge in [-0.05, 0) is 25.0 Å². The first kappa shape index (κ1) is 19.6. The van der Waals surface area contributed by atoms with Crippen LogP contribution in [-0.4, -0.2) is 25.9 Å². The average Bonchev–Trinajstić information content (AvgIpc) is 2.97. The van der Waals surface area contributed by atoms with Crippen LogP contribution in [0.2, 0.25) is 0 Å². The van der Waals surface area contributed by atoms with Gasteiger partial charge in [-0.2, -0.15) is 0 Å². The summed E-state index contributed by atoms with van der Waals surface area (Å²) in [4.78, 5) is 17.9. The third-order valence-electron chi connectivity index (χ3n) is 3.53. The van der Waals surface area contributed by atoms with Gasteiger partial charge in [0, 0.05) is 17.8 Å². The highest BCUT2D eigenvalue weighted by atomic mass is 32.2. The van der Waals surface area contributed by atoms with Crippen molar-refractivity contribution < 1.29 is 13.2 Å². The van der Waals surface area contributed by atoms with Crippen LogP contribution in [0.1, 0.15) is 37.3 Å². The Bertz CT molecular complexity index is 802. The second-order valence-electron chi connectivity index (χ2n) is 5.50. The zero-order valence-electron chi connectivity index (χ0n) is 14.4. The van der Waals surface area contributed by atoms with Crippen LogP contribution in [0.4, 0.5) is 5.13 Å². The SMILES string of the molecule is CCCc1nc(NC(=O)CCNS(=O)(=O)c2ccccc2)sc1CC. The van der Waals surface area contributed by atoms with E-state index in [2.05, 4.69) is 28.9 Å². The molecule has 0 aliphatic rings. The molecular weight excluding hydrogens is 358 g/mol. The third-order valence-corrected chi connectivity index (χ3v) is 6.16. The van der Waals surface area contributed by atoms with Crippen LogP contribution < -0.4 is 10.0 Å². The van der Waals surface area contributed by atoms with Gasteiger partial charge in [0.05, 0.1) is 10.6 Å². The van der Waals surface area contributed by atoms with Gasteiger partial charge in [-0.15, -0.1) is 11.3 Å². The highest BCUT2D eigenvalue weighted by molar-refractivity contribution is 7.89. The van der Waals surface area contributed by atoms with Gasteiger partial charge in [0.25, 0.3) is 0 Å². The van der Waals surface area contributed by atoms with Crippen molar-refractivity contribution >= 4 is 32.4 Å². The Morgan fingerprint density at radius 3 is 2.56 bits per heavy atom. The van der Waals surface area contributed by atoms with E-state index in [4.69, 9.17) is 0 Å². The van der Waals surface area contributed by atoms with Crippen LogP contribution in [0.5, 0.6) is 0 Å². The lowest BCUT2D eigenvalue weighted by Gasteiger charge is -2.06. The van der Waals surface area contributed by atoms with Gasteiger partial charge in [-0.3, -0.25) is 4.79 Å². The highest BCUT2D eigenvalue weighted by Crippen LogP contribution is 2.24. The van der Waals surface area contributed by atoms with Gasteiger partial charge in [0.15, 0.2) is 5.13 Å². The second-order valence-corrected chi connectivity index (χ2v) is 8.35. The molecule has 0 saturated carbocycles. The average molecular weight is 382 g/mol. The number of amides is 1. The summed E-state index contributed by atoms with van der Waals surface area (Å²) in [6, 6.07) is 8.09. The van der Waals surface area contributed by atoms with Gasteiger partial charge in [0.2, 0.25) is 15.9 Å². The van der Waals surface area contributed by atoms with E-state index in [1.807, 2.05) is 0 Å². The molecule has 0 radical (unpaired) electrons. The van der Waals surface area contributed by atoms with E-state index in [-0.39, 0.29) is 23.8 Å². The second kappa shape index (κ2) is 9.07. The van der Waals surface area contributed by atoms with Gasteiger partial charge < -0.3 is 5.32 Å². The quantitative estimate of drug-likeness (QED) is 0.699. The molecule has 0 aliphatic carbocycles. The van der Waals surface area contributed by atoms with E-state index in [1.54, 1.807) is 18.2 Å². The van der Waals surface area contributed by atoms with E-state index in [0.717, 1.165) is 25.0 Å². The standard InChI is InChI=1S/C17H23N3O3S2/c1-3-8-14-15(4-2)24-17(19-14)20-16(21)11-12-18-25(22,23)13-9-6-5-7-10-13/h5-7,9-10,18H,3-4,8,11-12H2,1-2H3,(H,19,20,21). The molecule has 25 heavy (non-hydrogen) atoms. The Kier molecular flexibility index (Phi) is 7.10. The van der Waals surface area contributed by atoms with Crippen LogP contribution >= 0.6 is 11.3 Å². The number of aromatic nitrogens is 1. The Balaban J connectivity index is 1.87. The first-order chi connectivity index (χ1) is 12.0. The molecular formula is C17H23N3O3S2. The van der Waals surface area contributed by atoms with E-state index in [1.165, 1.54) is 28.3 Å². The summed E-state index contributed by atoms with van der Waals surface area (Å²) in [6.45, 7) is 4.20. The van der Waals surface area contributed by atoms with E-state index in [9.17, 15) is 13.2 Å². The van der Waals surface area contributed by atoms with E-state index in [0.29, 0.717) is 5.13 Å². The Hall–Kier alpha value is -1.77. The summed E-state index contributed by atoms with van der Waals surface area (Å²) in [5.41, 5.74) is 1.04. The van der Waals surface area contributed by atoms with Crippen LogP contribution in [0.25, 0.3) is 0 Å². The minimum atomic E-state index is -3.59. The summed E-state index contributed by atoms with van der Waals surface area (Å²) in [5, 5.41) is 3.33. The van der Waals surface area contributed by atoms with Gasteiger partial charge in [-0.25, -0.2) is 18.1 Å². The van der Waals surface area contributed by atoms with E-state index < -0.39 is 10.0 Å². The summed E-state index contributed by atoms with van der Waals surface area (Å²) < 4.78 is 26.6. The first-order valence-electron chi connectivity index (χ1n) is 8.29. The summed E-state index contributed by atoms with van der Waals surface area (Å²) in [7, 11) is -3.59. The lowest BCUT2D eigenvalue weighted by atomic mass is 10.2. The Morgan fingerprint density at radius 2 is 1.92 bits per heavy atom. The Labute approximate surface area is 152 Å². The zero-order valence-corrected chi connectivity index (χ0v) is 16.0. The van der Waals surface area contributed by atoms with Crippen molar-refractivity contribution in [2.75, 3.05) is 11.9 Å². The van der Waals surface area contributed by atoms with Crippen molar-refractivity contribution in [3.05, 3.63) is 40.9 Å². The molecule has 0 atom stereocenters. The van der Waals surface area contributed by atoms with Crippen molar-refractivity contribution in [2.45, 2.75) is 44.4 Å². The first-order valence-corrected chi connectivity index (χ1v) is 10.6. The largest absolute Gasteiger partial charge is 0.302 e. The smallest absolute Gasteiger partial charge is 0.240 e. The molecule has 2 rings (SSSR count). The molecule has 0 bridgehead atoms. The van der Waals surface area contributed by atoms with Crippen molar-refractivity contribution in [1.82, 2.24) is 9.71 Å². The molecule has 0 aliphatic heterocycles. The fraction of sp³-hybridized carbons (Fsp3) is 0.412. The number of rotatable bonds is 9. The molecule has 2 aromatic rings. The van der Waals surface area contributed by atoms with Crippen molar-refractivity contribution in [2.24, 2.45) is 0 Å². The number of carbonyl (C=O) groups excluding carboxylic acids is 1. The normalized spacial score (nSPS) is 11.4. The minimum Gasteiger partial charge on any atom is -0.302 e. The maximum absolute atomic E-state index is 12.1. The maximum atomic E-state index is 12.1. The molecule has 1 heterocycles. The van der Waals surface area contributed by atoms with E-state index >= 15 is 0 Å². The lowest BCUT2D eigenvalue weighted by Crippen LogP contribution is -2.27. The molecule has 6 nitrogen and oxygen atoms in total.